The summed E-state index contributed by atoms with van der Waals surface area (Å²) in [6.07, 6.45) is -8.99. The minimum atomic E-state index is -4.71. The molecule has 0 aliphatic carbocycles. The normalized spacial score (nSPS) is 27.4. The molecular formula is C24H20Cl2F3N5O4. The molecule has 0 amide bonds. The lowest BCUT2D eigenvalue weighted by Gasteiger charge is -2.48. The Balaban J connectivity index is 1.55. The third-order valence-electron chi connectivity index (χ3n) is 6.37. The summed E-state index contributed by atoms with van der Waals surface area (Å²) >= 11 is 12.2. The molecule has 0 N–H and O–H groups in total. The van der Waals surface area contributed by atoms with Crippen LogP contribution in [0.4, 0.5) is 13.2 Å². The fourth-order valence-electron chi connectivity index (χ4n) is 4.75. The first kappa shape index (κ1) is 26.8. The van der Waals surface area contributed by atoms with Crippen molar-refractivity contribution < 1.29 is 32.1 Å². The number of methoxy groups -OCH3 is 1. The Morgan fingerprint density at radius 3 is 2.58 bits per heavy atom. The molecule has 9 nitrogen and oxygen atoms in total. The lowest BCUT2D eigenvalue weighted by molar-refractivity contribution is -0.310. The second-order valence-corrected chi connectivity index (χ2v) is 9.45. The van der Waals surface area contributed by atoms with Gasteiger partial charge in [-0.3, -0.25) is 0 Å². The average molecular weight is 570 g/mol. The van der Waals surface area contributed by atoms with E-state index >= 15 is 0 Å². The van der Waals surface area contributed by atoms with Crippen molar-refractivity contribution in [1.82, 2.24) is 9.78 Å². The molecule has 5 rings (SSSR count). The summed E-state index contributed by atoms with van der Waals surface area (Å²) < 4.78 is 66.7. The van der Waals surface area contributed by atoms with Crippen molar-refractivity contribution in [3.8, 4) is 5.69 Å². The predicted molar refractivity (Wildman–Crippen MR) is 130 cm³/mol. The van der Waals surface area contributed by atoms with Crippen LogP contribution in [0.3, 0.4) is 0 Å². The highest BCUT2D eigenvalue weighted by atomic mass is 35.5. The van der Waals surface area contributed by atoms with Gasteiger partial charge in [-0.15, -0.1) is 0 Å². The second kappa shape index (κ2) is 10.7. The molecule has 1 unspecified atom stereocenters. The number of hydrogen-bond donors (Lipinski definition) is 0. The zero-order valence-electron chi connectivity index (χ0n) is 19.6. The molecule has 1 aromatic heterocycles. The number of nitrogens with zero attached hydrogens (tertiary/aromatic N) is 5. The van der Waals surface area contributed by atoms with Crippen LogP contribution in [0.2, 0.25) is 10.2 Å². The fraction of sp³-hybridized carbons (Fsp3) is 0.375. The van der Waals surface area contributed by atoms with Crippen LogP contribution in [0, 0.1) is 0 Å². The van der Waals surface area contributed by atoms with Gasteiger partial charge < -0.3 is 18.9 Å². The quantitative estimate of drug-likeness (QED) is 0.199. The van der Waals surface area contributed by atoms with Gasteiger partial charge in [0.25, 0.3) is 0 Å². The van der Waals surface area contributed by atoms with E-state index in [1.165, 1.54) is 13.2 Å². The number of alkyl halides is 3. The highest BCUT2D eigenvalue weighted by Crippen LogP contribution is 2.43. The molecule has 2 aliphatic rings. The van der Waals surface area contributed by atoms with Gasteiger partial charge in [-0.05, 0) is 23.7 Å². The number of halogens is 5. The van der Waals surface area contributed by atoms with Crippen molar-refractivity contribution in [2.24, 2.45) is 5.11 Å². The number of benzene rings is 2. The molecule has 6 atom stereocenters. The van der Waals surface area contributed by atoms with Crippen LogP contribution < -0.4 is 0 Å². The highest BCUT2D eigenvalue weighted by molar-refractivity contribution is 6.30. The third-order valence-corrected chi connectivity index (χ3v) is 6.79. The molecule has 2 fully saturated rings. The lowest BCUT2D eigenvalue weighted by atomic mass is 9.90. The third kappa shape index (κ3) is 5.08. The van der Waals surface area contributed by atoms with E-state index in [4.69, 9.17) is 42.1 Å². The number of rotatable bonds is 5. The minimum absolute atomic E-state index is 0.0570. The summed E-state index contributed by atoms with van der Waals surface area (Å²) in [7, 11) is 1.37. The molecule has 14 heteroatoms. The van der Waals surface area contributed by atoms with Crippen LogP contribution in [0.25, 0.3) is 16.1 Å². The molecule has 0 spiro atoms. The summed E-state index contributed by atoms with van der Waals surface area (Å²) in [6, 6.07) is 12.7. The first-order valence-corrected chi connectivity index (χ1v) is 12.1. The van der Waals surface area contributed by atoms with Crippen molar-refractivity contribution in [2.45, 2.75) is 42.9 Å². The van der Waals surface area contributed by atoms with E-state index in [0.717, 1.165) is 28.4 Å². The van der Waals surface area contributed by atoms with Crippen LogP contribution in [-0.4, -0.2) is 47.9 Å². The number of ether oxygens (including phenoxy) is 4. The summed E-state index contributed by atoms with van der Waals surface area (Å²) in [4.78, 5) is 2.97. The number of fused-ring (bicyclic) bond motifs is 1. The summed E-state index contributed by atoms with van der Waals surface area (Å²) in [5, 5.41) is 8.00. The van der Waals surface area contributed by atoms with Crippen LogP contribution in [0.15, 0.2) is 59.7 Å². The maximum atomic E-state index is 13.9. The molecule has 2 aromatic carbocycles. The lowest BCUT2D eigenvalue weighted by Crippen LogP contribution is -2.59. The van der Waals surface area contributed by atoms with Crippen molar-refractivity contribution in [1.29, 1.82) is 0 Å². The smallest absolute Gasteiger partial charge is 0.378 e. The van der Waals surface area contributed by atoms with Crippen LogP contribution in [0.1, 0.15) is 29.2 Å². The van der Waals surface area contributed by atoms with Crippen molar-refractivity contribution in [3.05, 3.63) is 92.0 Å². The van der Waals surface area contributed by atoms with E-state index in [-0.39, 0.29) is 28.2 Å². The van der Waals surface area contributed by atoms with E-state index in [0.29, 0.717) is 0 Å². The molecule has 0 radical (unpaired) electrons. The van der Waals surface area contributed by atoms with Gasteiger partial charge in [-0.1, -0.05) is 58.6 Å². The van der Waals surface area contributed by atoms with E-state index in [2.05, 4.69) is 15.1 Å². The Bertz CT molecular complexity index is 1350. The van der Waals surface area contributed by atoms with E-state index < -0.39 is 48.5 Å². The van der Waals surface area contributed by atoms with Gasteiger partial charge in [-0.25, -0.2) is 4.68 Å². The zero-order chi connectivity index (χ0) is 27.0. The molecule has 3 heterocycles. The first-order chi connectivity index (χ1) is 18.2. The summed E-state index contributed by atoms with van der Waals surface area (Å²) in [6.45, 7) is 0.0570. The van der Waals surface area contributed by atoms with Gasteiger partial charge in [0.15, 0.2) is 11.4 Å². The van der Waals surface area contributed by atoms with E-state index in [9.17, 15) is 18.7 Å². The molecular weight excluding hydrogens is 550 g/mol. The molecule has 3 aromatic rings. The maximum absolute atomic E-state index is 13.9. The number of hydrogen-bond acceptors (Lipinski definition) is 6. The average Bonchev–Trinajstić information content (AvgIpc) is 3.29. The Morgan fingerprint density at radius 2 is 1.89 bits per heavy atom. The van der Waals surface area contributed by atoms with Gasteiger partial charge in [0.05, 0.1) is 29.6 Å². The SMILES string of the molecule is CO[C@@H]1[C@@H](N=[N+]=[N-])[C@H]2OC(c3ccccc3)OC[C@H]2O[C@H]1c1cc(Cl)nn1-c1cc(Cl)ccc1C(F)(F)F. The molecule has 0 saturated carbocycles. The van der Waals surface area contributed by atoms with Crippen LogP contribution in [0.5, 0.6) is 0 Å². The number of aromatic nitrogens is 2. The predicted octanol–water partition coefficient (Wildman–Crippen LogP) is 6.45. The van der Waals surface area contributed by atoms with Gasteiger partial charge in [0, 0.05) is 28.7 Å². The maximum Gasteiger partial charge on any atom is 0.418 e. The summed E-state index contributed by atoms with van der Waals surface area (Å²) in [5.74, 6) is 0. The monoisotopic (exact) mass is 569 g/mol. The van der Waals surface area contributed by atoms with Crippen LogP contribution >= 0.6 is 23.2 Å². The molecule has 2 aliphatic heterocycles. The Morgan fingerprint density at radius 1 is 1.13 bits per heavy atom. The Labute approximate surface area is 224 Å². The zero-order valence-corrected chi connectivity index (χ0v) is 21.1. The van der Waals surface area contributed by atoms with Gasteiger partial charge in [0.2, 0.25) is 0 Å². The molecule has 0 bridgehead atoms. The van der Waals surface area contributed by atoms with Crippen molar-refractivity contribution in [3.63, 3.8) is 0 Å². The fourth-order valence-corrected chi connectivity index (χ4v) is 5.11. The molecule has 38 heavy (non-hydrogen) atoms. The largest absolute Gasteiger partial charge is 0.418 e. The van der Waals surface area contributed by atoms with E-state index in [1.54, 1.807) is 0 Å². The highest BCUT2D eigenvalue weighted by Gasteiger charge is 2.51. The Kier molecular flexibility index (Phi) is 7.56. The van der Waals surface area contributed by atoms with Crippen LogP contribution in [-0.2, 0) is 25.1 Å². The van der Waals surface area contributed by atoms with Gasteiger partial charge >= 0.3 is 6.18 Å². The van der Waals surface area contributed by atoms with E-state index in [1.807, 2.05) is 30.3 Å². The Hall–Kier alpha value is -2.83. The topological polar surface area (TPSA) is 104 Å². The minimum Gasteiger partial charge on any atom is -0.378 e. The molecule has 200 valence electrons. The standard InChI is InChI=1S/C24H20Cl2F3N5O4/c1-35-22-19(31-33-30)21-17(11-36-23(38-21)12-5-3-2-4-6-12)37-20(22)16-10-18(26)32-34(16)15-9-13(25)7-8-14(15)24(27,28)29/h2-10,17,19-23H,11H2,1H3/t17-,19+,20+,21+,22-,23?/m1/s1. The molecule has 2 saturated heterocycles. The number of azide groups is 1. The summed E-state index contributed by atoms with van der Waals surface area (Å²) in [5.41, 5.74) is 8.91. The van der Waals surface area contributed by atoms with Gasteiger partial charge in [0.1, 0.15) is 24.4 Å². The van der Waals surface area contributed by atoms with Crippen molar-refractivity contribution >= 4 is 23.2 Å². The second-order valence-electron chi connectivity index (χ2n) is 8.63. The van der Waals surface area contributed by atoms with Crippen molar-refractivity contribution in [2.75, 3.05) is 13.7 Å². The first-order valence-electron chi connectivity index (χ1n) is 11.4. The van der Waals surface area contributed by atoms with Gasteiger partial charge in [-0.2, -0.15) is 18.3 Å².